The predicted molar refractivity (Wildman–Crippen MR) is 41.1 cm³/mol. The van der Waals surface area contributed by atoms with Gasteiger partial charge in [0.25, 0.3) is 0 Å². The molecule has 0 spiro atoms. The molecule has 0 aromatic rings. The fourth-order valence-electron chi connectivity index (χ4n) is 0.935. The van der Waals surface area contributed by atoms with E-state index in [1.54, 1.807) is 0 Å². The van der Waals surface area contributed by atoms with Crippen molar-refractivity contribution in [2.45, 2.75) is 18.9 Å². The molecule has 0 bridgehead atoms. The molecule has 1 saturated heterocycles. The Morgan fingerprint density at radius 3 is 2.67 bits per heavy atom. The van der Waals surface area contributed by atoms with Crippen LogP contribution in [0.25, 0.3) is 0 Å². The van der Waals surface area contributed by atoms with Crippen molar-refractivity contribution in [1.82, 2.24) is 0 Å². The summed E-state index contributed by atoms with van der Waals surface area (Å²) < 4.78 is 35.5. The summed E-state index contributed by atoms with van der Waals surface area (Å²) in [6, 6.07) is 0. The van der Waals surface area contributed by atoms with Crippen LogP contribution in [0.2, 0.25) is 0 Å². The van der Waals surface area contributed by atoms with Crippen molar-refractivity contribution in [3.05, 3.63) is 0 Å². The van der Waals surface area contributed by atoms with Crippen molar-refractivity contribution < 1.29 is 47.3 Å². The number of hydrogen-bond donors (Lipinski definition) is 0. The molecule has 12 heavy (non-hydrogen) atoms. The standard InChI is InChI=1S/C5H10O4S2.Na/c6-11(7,8)10-4-5-2-1-3-9-5;/h5H,1-4H2,(H,6,7,8);/q;+1/p-1. The number of rotatable bonds is 3. The van der Waals surface area contributed by atoms with Gasteiger partial charge in [-0.15, -0.1) is 0 Å². The quantitative estimate of drug-likeness (QED) is 0.295. The van der Waals surface area contributed by atoms with E-state index in [9.17, 15) is 13.0 Å². The third-order valence-electron chi connectivity index (χ3n) is 1.42. The Morgan fingerprint density at radius 2 is 2.25 bits per heavy atom. The van der Waals surface area contributed by atoms with E-state index in [0.717, 1.165) is 12.8 Å². The van der Waals surface area contributed by atoms with Crippen LogP contribution in [0.5, 0.6) is 0 Å². The summed E-state index contributed by atoms with van der Waals surface area (Å²) in [7, 11) is -3.70. The fraction of sp³-hybridized carbons (Fsp3) is 1.00. The van der Waals surface area contributed by atoms with Gasteiger partial charge in [0.05, 0.1) is 6.10 Å². The minimum absolute atomic E-state index is 0. The third kappa shape index (κ3) is 5.80. The van der Waals surface area contributed by atoms with E-state index in [4.69, 9.17) is 4.74 Å². The van der Waals surface area contributed by atoms with Gasteiger partial charge in [-0.25, -0.2) is 8.42 Å². The Kier molecular flexibility index (Phi) is 6.44. The molecule has 0 aromatic carbocycles. The molecule has 4 nitrogen and oxygen atoms in total. The first-order valence-corrected chi connectivity index (χ1v) is 6.21. The van der Waals surface area contributed by atoms with Gasteiger partial charge < -0.3 is 9.29 Å². The monoisotopic (exact) mass is 220 g/mol. The van der Waals surface area contributed by atoms with E-state index < -0.39 is 9.15 Å². The van der Waals surface area contributed by atoms with Crippen molar-refractivity contribution in [1.29, 1.82) is 0 Å². The Balaban J connectivity index is 0.00000121. The molecule has 7 heteroatoms. The van der Waals surface area contributed by atoms with E-state index in [-0.39, 0.29) is 41.4 Å². The van der Waals surface area contributed by atoms with Crippen LogP contribution in [0.4, 0.5) is 0 Å². The van der Waals surface area contributed by atoms with Crippen LogP contribution in [0, 0.1) is 0 Å². The molecule has 0 aromatic heterocycles. The average Bonchev–Trinajstić information content (AvgIpc) is 2.32. The fourth-order valence-corrected chi connectivity index (χ4v) is 2.47. The molecule has 1 fully saturated rings. The Bertz CT molecular complexity index is 209. The zero-order valence-electron chi connectivity index (χ0n) is 6.86. The Hall–Kier alpha value is 1.22. The molecular formula is C5H9NaO4S2. The van der Waals surface area contributed by atoms with Gasteiger partial charge >= 0.3 is 29.6 Å². The summed E-state index contributed by atoms with van der Waals surface area (Å²) in [5, 5.41) is 0. The maximum atomic E-state index is 10.1. The molecule has 66 valence electrons. The summed E-state index contributed by atoms with van der Waals surface area (Å²) in [6.07, 6.45) is 1.79. The maximum Gasteiger partial charge on any atom is 1.00 e. The molecule has 1 unspecified atom stereocenters. The number of ether oxygens (including phenoxy) is 1. The Labute approximate surface area is 97.9 Å². The van der Waals surface area contributed by atoms with Crippen molar-refractivity contribution in [3.63, 3.8) is 0 Å². The summed E-state index contributed by atoms with van der Waals surface area (Å²) >= 11 is 0. The molecule has 1 aliphatic heterocycles. The van der Waals surface area contributed by atoms with Crippen LogP contribution in [-0.2, 0) is 13.9 Å². The zero-order valence-corrected chi connectivity index (χ0v) is 10.5. The zero-order chi connectivity index (χ0) is 8.32. The first-order valence-electron chi connectivity index (χ1n) is 3.30. The van der Waals surface area contributed by atoms with Gasteiger partial charge in [0.1, 0.15) is 9.15 Å². The average molecular weight is 220 g/mol. The van der Waals surface area contributed by atoms with Crippen LogP contribution >= 0.6 is 10.8 Å². The van der Waals surface area contributed by atoms with Crippen molar-refractivity contribution >= 4 is 19.9 Å². The number of hydrogen-bond acceptors (Lipinski definition) is 5. The maximum absolute atomic E-state index is 10.1. The molecule has 1 heterocycles. The van der Waals surface area contributed by atoms with Crippen LogP contribution < -0.4 is 29.6 Å². The first-order chi connectivity index (χ1) is 5.08. The minimum atomic E-state index is -4.12. The van der Waals surface area contributed by atoms with Crippen LogP contribution in [0.15, 0.2) is 0 Å². The van der Waals surface area contributed by atoms with E-state index in [1.807, 2.05) is 0 Å². The second kappa shape index (κ2) is 5.85. The molecule has 0 radical (unpaired) electrons. The molecule has 1 atom stereocenters. The van der Waals surface area contributed by atoms with Gasteiger partial charge in [-0.3, -0.25) is 0 Å². The van der Waals surface area contributed by atoms with Gasteiger partial charge in [0.2, 0.25) is 0 Å². The summed E-state index contributed by atoms with van der Waals surface area (Å²) in [5.41, 5.74) is 0. The smallest absolute Gasteiger partial charge is 0.739 e. The topological polar surface area (TPSA) is 66.4 Å². The molecule has 1 aliphatic rings. The van der Waals surface area contributed by atoms with Gasteiger partial charge in [-0.2, -0.15) is 0 Å². The first kappa shape index (κ1) is 13.2. The molecule has 0 saturated carbocycles. The van der Waals surface area contributed by atoms with Gasteiger partial charge in [-0.1, -0.05) is 0 Å². The molecular weight excluding hydrogens is 211 g/mol. The minimum Gasteiger partial charge on any atom is -0.739 e. The molecule has 0 amide bonds. The summed E-state index contributed by atoms with van der Waals surface area (Å²) in [5.74, 6) is 0.270. The van der Waals surface area contributed by atoms with Crippen LogP contribution in [0.1, 0.15) is 12.8 Å². The van der Waals surface area contributed by atoms with Crippen LogP contribution in [0.3, 0.4) is 0 Å². The van der Waals surface area contributed by atoms with Gasteiger partial charge in [-0.05, 0) is 23.6 Å². The summed E-state index contributed by atoms with van der Waals surface area (Å²) in [4.78, 5) is 0. The summed E-state index contributed by atoms with van der Waals surface area (Å²) in [6.45, 7) is 0.685. The third-order valence-corrected chi connectivity index (χ3v) is 3.49. The SMILES string of the molecule is O=S(=O)([O-])SCC1CCCO1.[Na+]. The normalized spacial score (nSPS) is 23.6. The molecule has 0 N–H and O–H groups in total. The van der Waals surface area contributed by atoms with E-state index in [0.29, 0.717) is 17.4 Å². The van der Waals surface area contributed by atoms with Crippen molar-refractivity contribution in [3.8, 4) is 0 Å². The van der Waals surface area contributed by atoms with Gasteiger partial charge in [0, 0.05) is 12.4 Å². The van der Waals surface area contributed by atoms with Crippen molar-refractivity contribution in [2.75, 3.05) is 12.4 Å². The largest absolute Gasteiger partial charge is 1.00 e. The second-order valence-electron chi connectivity index (χ2n) is 2.33. The molecule has 0 aliphatic carbocycles. The van der Waals surface area contributed by atoms with E-state index in [2.05, 4.69) is 0 Å². The predicted octanol–water partition coefficient (Wildman–Crippen LogP) is -2.64. The van der Waals surface area contributed by atoms with Gasteiger partial charge in [0.15, 0.2) is 0 Å². The molecule has 1 rings (SSSR count). The van der Waals surface area contributed by atoms with E-state index in [1.165, 1.54) is 0 Å². The Morgan fingerprint density at radius 1 is 1.58 bits per heavy atom. The van der Waals surface area contributed by atoms with Crippen LogP contribution in [-0.4, -0.2) is 31.4 Å². The van der Waals surface area contributed by atoms with Crippen molar-refractivity contribution in [2.24, 2.45) is 0 Å². The van der Waals surface area contributed by atoms with E-state index >= 15 is 0 Å². The second-order valence-corrected chi connectivity index (χ2v) is 5.65.